The summed E-state index contributed by atoms with van der Waals surface area (Å²) in [5.41, 5.74) is 0. The van der Waals surface area contributed by atoms with Crippen LogP contribution in [-0.4, -0.2) is 46.1 Å². The summed E-state index contributed by atoms with van der Waals surface area (Å²) >= 11 is 0. The Morgan fingerprint density at radius 1 is 0.368 bits per heavy atom. The van der Waals surface area contributed by atoms with E-state index in [1.807, 2.05) is 0 Å². The van der Waals surface area contributed by atoms with E-state index in [0.717, 1.165) is 25.7 Å². The van der Waals surface area contributed by atoms with E-state index in [4.69, 9.17) is 0 Å². The van der Waals surface area contributed by atoms with Crippen molar-refractivity contribution in [1.82, 2.24) is 5.32 Å². The average Bonchev–Trinajstić information content (AvgIpc) is 3.20. The van der Waals surface area contributed by atoms with Crippen molar-refractivity contribution in [2.75, 3.05) is 6.61 Å². The van der Waals surface area contributed by atoms with E-state index in [1.54, 1.807) is 0 Å². The molecule has 0 saturated heterocycles. The minimum absolute atomic E-state index is 0.0432. The largest absolute Gasteiger partial charge is 0.394 e. The van der Waals surface area contributed by atoms with E-state index >= 15 is 0 Å². The summed E-state index contributed by atoms with van der Waals surface area (Å²) in [5.74, 6) is -0.276. The highest BCUT2D eigenvalue weighted by atomic mass is 16.3. The zero-order valence-corrected chi connectivity index (χ0v) is 39.0. The number of aliphatic hydroxyl groups is 3. The first-order valence-corrected chi connectivity index (χ1v) is 26.3. The molecule has 0 radical (unpaired) electrons. The molecule has 0 heterocycles. The van der Waals surface area contributed by atoms with E-state index in [1.165, 1.54) is 244 Å². The van der Waals surface area contributed by atoms with E-state index in [-0.39, 0.29) is 18.9 Å². The third-order valence-electron chi connectivity index (χ3n) is 12.7. The maximum atomic E-state index is 12.5. The normalized spacial score (nSPS) is 13.3. The van der Waals surface area contributed by atoms with Gasteiger partial charge >= 0.3 is 0 Å². The molecule has 0 aliphatic rings. The van der Waals surface area contributed by atoms with Crippen molar-refractivity contribution in [2.24, 2.45) is 0 Å². The van der Waals surface area contributed by atoms with Gasteiger partial charge in [-0.25, -0.2) is 0 Å². The van der Waals surface area contributed by atoms with E-state index in [9.17, 15) is 20.1 Å². The van der Waals surface area contributed by atoms with Crippen LogP contribution in [0.2, 0.25) is 0 Å². The number of carbonyl (C=O) groups excluding carboxylic acids is 1. The fraction of sp³-hybridized carbons (Fsp3) is 0.981. The molecule has 5 nitrogen and oxygen atoms in total. The lowest BCUT2D eigenvalue weighted by molar-refractivity contribution is -0.125. The van der Waals surface area contributed by atoms with Crippen LogP contribution < -0.4 is 5.32 Å². The van der Waals surface area contributed by atoms with Crippen LogP contribution in [0.3, 0.4) is 0 Å². The Balaban J connectivity index is 3.50. The van der Waals surface area contributed by atoms with Gasteiger partial charge in [0.25, 0.3) is 0 Å². The maximum absolute atomic E-state index is 12.5. The Kier molecular flexibility index (Phi) is 47.5. The second-order valence-corrected chi connectivity index (χ2v) is 18.5. The highest BCUT2D eigenvalue weighted by Crippen LogP contribution is 2.18. The number of unbranched alkanes of at least 4 members (excludes halogenated alkanes) is 40. The number of rotatable bonds is 49. The van der Waals surface area contributed by atoms with Crippen LogP contribution in [0.25, 0.3) is 0 Å². The SMILES string of the molecule is CCCCCCCCCCCCCCCCCCCCCCCCCCCC(O)C(CO)NC(=O)CC(O)CCCCCCCCCCCCCCCCCCC. The molecule has 0 fully saturated rings. The van der Waals surface area contributed by atoms with Crippen molar-refractivity contribution in [3.63, 3.8) is 0 Å². The Labute approximate surface area is 357 Å². The van der Waals surface area contributed by atoms with Gasteiger partial charge in [-0.1, -0.05) is 284 Å². The molecule has 0 aromatic carbocycles. The molecule has 1 amide bonds. The third-order valence-corrected chi connectivity index (χ3v) is 12.7. The van der Waals surface area contributed by atoms with Gasteiger partial charge in [-0.05, 0) is 12.8 Å². The summed E-state index contributed by atoms with van der Waals surface area (Å²) in [6.45, 7) is 4.30. The first-order valence-electron chi connectivity index (χ1n) is 26.3. The molecule has 0 bridgehead atoms. The highest BCUT2D eigenvalue weighted by Gasteiger charge is 2.21. The van der Waals surface area contributed by atoms with Crippen LogP contribution in [0.4, 0.5) is 0 Å². The minimum atomic E-state index is -0.745. The Morgan fingerprint density at radius 3 is 0.842 bits per heavy atom. The Bertz CT molecular complexity index is 762. The van der Waals surface area contributed by atoms with Crippen LogP contribution >= 0.6 is 0 Å². The predicted octanol–water partition coefficient (Wildman–Crippen LogP) is 15.8. The van der Waals surface area contributed by atoms with Crippen LogP contribution in [0, 0.1) is 0 Å². The summed E-state index contributed by atoms with van der Waals surface area (Å²) in [5, 5.41) is 33.6. The van der Waals surface area contributed by atoms with Crippen LogP contribution in [0.5, 0.6) is 0 Å². The van der Waals surface area contributed by atoms with Crippen LogP contribution in [-0.2, 0) is 4.79 Å². The lowest BCUT2D eigenvalue weighted by Crippen LogP contribution is -2.46. The molecule has 342 valence electrons. The summed E-state index contributed by atoms with van der Waals surface area (Å²) < 4.78 is 0. The summed E-state index contributed by atoms with van der Waals surface area (Å²) in [4.78, 5) is 12.5. The molecule has 0 rings (SSSR count). The minimum Gasteiger partial charge on any atom is -0.394 e. The number of hydrogen-bond donors (Lipinski definition) is 4. The van der Waals surface area contributed by atoms with E-state index in [2.05, 4.69) is 19.2 Å². The van der Waals surface area contributed by atoms with Crippen LogP contribution in [0.15, 0.2) is 0 Å². The van der Waals surface area contributed by atoms with Gasteiger partial charge in [0.2, 0.25) is 5.91 Å². The van der Waals surface area contributed by atoms with Crippen molar-refractivity contribution in [3.05, 3.63) is 0 Å². The number of aliphatic hydroxyl groups excluding tert-OH is 3. The summed E-state index contributed by atoms with van der Waals surface area (Å²) in [7, 11) is 0. The first-order chi connectivity index (χ1) is 28.0. The zero-order chi connectivity index (χ0) is 41.5. The van der Waals surface area contributed by atoms with Crippen molar-refractivity contribution >= 4 is 5.91 Å². The third kappa shape index (κ3) is 44.7. The van der Waals surface area contributed by atoms with Crippen molar-refractivity contribution in [2.45, 2.75) is 321 Å². The van der Waals surface area contributed by atoms with E-state index in [0.29, 0.717) is 12.8 Å². The van der Waals surface area contributed by atoms with Crippen molar-refractivity contribution in [1.29, 1.82) is 0 Å². The monoisotopic (exact) mass is 808 g/mol. The molecule has 0 aromatic heterocycles. The number of hydrogen-bond acceptors (Lipinski definition) is 4. The molecular weight excluding hydrogens is 703 g/mol. The lowest BCUT2D eigenvalue weighted by atomic mass is 10.0. The van der Waals surface area contributed by atoms with Gasteiger partial charge in [-0.15, -0.1) is 0 Å². The molecule has 0 aromatic rings. The number of nitrogens with one attached hydrogen (secondary N) is 1. The molecule has 0 aliphatic carbocycles. The highest BCUT2D eigenvalue weighted by molar-refractivity contribution is 5.76. The molecule has 3 atom stereocenters. The standard InChI is InChI=1S/C52H105NO4/c1-3-5-7-9-11-13-15-17-19-21-22-23-24-25-26-27-28-30-32-34-36-38-40-42-44-46-51(56)50(48-54)53-52(57)47-49(55)45-43-41-39-37-35-33-31-29-20-18-16-14-12-10-8-6-4-2/h49-51,54-56H,3-48H2,1-2H3,(H,53,57). The van der Waals surface area contributed by atoms with Gasteiger partial charge in [-0.2, -0.15) is 0 Å². The summed E-state index contributed by atoms with van der Waals surface area (Å²) in [6, 6.07) is -0.653. The fourth-order valence-corrected chi connectivity index (χ4v) is 8.64. The number of amides is 1. The Morgan fingerprint density at radius 2 is 0.596 bits per heavy atom. The quantitative estimate of drug-likeness (QED) is 0.0461. The van der Waals surface area contributed by atoms with Gasteiger partial charge < -0.3 is 20.6 Å². The maximum Gasteiger partial charge on any atom is 0.222 e. The van der Waals surface area contributed by atoms with Gasteiger partial charge in [0.15, 0.2) is 0 Å². The molecule has 0 spiro atoms. The number of carbonyl (C=O) groups is 1. The molecule has 5 heteroatoms. The van der Waals surface area contributed by atoms with Gasteiger partial charge in [0.1, 0.15) is 0 Å². The second kappa shape index (κ2) is 48.0. The topological polar surface area (TPSA) is 89.8 Å². The zero-order valence-electron chi connectivity index (χ0n) is 39.0. The molecule has 3 unspecified atom stereocenters. The predicted molar refractivity (Wildman–Crippen MR) is 250 cm³/mol. The average molecular weight is 808 g/mol. The first kappa shape index (κ1) is 56.4. The Hall–Kier alpha value is -0.650. The van der Waals surface area contributed by atoms with Crippen molar-refractivity contribution in [3.8, 4) is 0 Å². The van der Waals surface area contributed by atoms with Gasteiger partial charge in [0, 0.05) is 0 Å². The smallest absolute Gasteiger partial charge is 0.222 e. The molecule has 57 heavy (non-hydrogen) atoms. The van der Waals surface area contributed by atoms with E-state index < -0.39 is 18.2 Å². The molecule has 4 N–H and O–H groups in total. The second-order valence-electron chi connectivity index (χ2n) is 18.5. The summed E-state index contributed by atoms with van der Waals surface area (Å²) in [6.07, 6.45) is 56.7. The van der Waals surface area contributed by atoms with Gasteiger partial charge in [-0.3, -0.25) is 4.79 Å². The van der Waals surface area contributed by atoms with Gasteiger partial charge in [0.05, 0.1) is 31.3 Å². The molecule has 0 saturated carbocycles. The molecular formula is C52H105NO4. The van der Waals surface area contributed by atoms with Crippen LogP contribution in [0.1, 0.15) is 303 Å². The van der Waals surface area contributed by atoms with Crippen molar-refractivity contribution < 1.29 is 20.1 Å². The fourth-order valence-electron chi connectivity index (χ4n) is 8.64. The lowest BCUT2D eigenvalue weighted by Gasteiger charge is -2.23. The molecule has 0 aliphatic heterocycles.